The maximum absolute atomic E-state index is 12.0. The molecule has 1 aromatic carbocycles. The summed E-state index contributed by atoms with van der Waals surface area (Å²) in [5.41, 5.74) is 1.37. The van der Waals surface area contributed by atoms with Crippen molar-refractivity contribution in [3.8, 4) is 0 Å². The summed E-state index contributed by atoms with van der Waals surface area (Å²) in [6.45, 7) is 4.95. The van der Waals surface area contributed by atoms with Crippen LogP contribution in [0.2, 0.25) is 0 Å². The fourth-order valence-corrected chi connectivity index (χ4v) is 3.81. The Morgan fingerprint density at radius 1 is 1.21 bits per heavy atom. The van der Waals surface area contributed by atoms with Gasteiger partial charge in [0.1, 0.15) is 0 Å². The van der Waals surface area contributed by atoms with Crippen LogP contribution in [0.5, 0.6) is 0 Å². The van der Waals surface area contributed by atoms with Crippen molar-refractivity contribution in [2.75, 3.05) is 26.2 Å². The molecule has 2 aliphatic heterocycles. The smallest absolute Gasteiger partial charge is 0.220 e. The highest BCUT2D eigenvalue weighted by molar-refractivity contribution is 5.75. The predicted octanol–water partition coefficient (Wildman–Crippen LogP) is 2.97. The highest BCUT2D eigenvalue weighted by Crippen LogP contribution is 2.19. The summed E-state index contributed by atoms with van der Waals surface area (Å²) in [5.74, 6) is 0.764. The first-order chi connectivity index (χ1) is 11.8. The molecule has 132 valence electrons. The first kappa shape index (κ1) is 17.4. The lowest BCUT2D eigenvalue weighted by atomic mass is 9.97. The number of rotatable bonds is 7. The van der Waals surface area contributed by atoms with E-state index in [0.717, 1.165) is 45.5 Å². The normalized spacial score (nSPS) is 24.8. The summed E-state index contributed by atoms with van der Waals surface area (Å²) in [6.07, 6.45) is 6.49. The van der Waals surface area contributed by atoms with Crippen molar-refractivity contribution in [2.24, 2.45) is 5.92 Å². The average Bonchev–Trinajstić information content (AvgIpc) is 3.13. The Hall–Kier alpha value is -1.39. The molecule has 2 atom stereocenters. The van der Waals surface area contributed by atoms with E-state index in [2.05, 4.69) is 40.5 Å². The molecule has 1 N–H and O–H groups in total. The summed E-state index contributed by atoms with van der Waals surface area (Å²) >= 11 is 0. The van der Waals surface area contributed by atoms with Crippen LogP contribution in [0.25, 0.3) is 0 Å². The molecule has 4 heteroatoms. The van der Waals surface area contributed by atoms with Gasteiger partial charge < -0.3 is 10.1 Å². The largest absolute Gasteiger partial charge is 0.378 e. The Balaban J connectivity index is 1.35. The van der Waals surface area contributed by atoms with E-state index in [1.165, 1.54) is 24.9 Å². The van der Waals surface area contributed by atoms with Gasteiger partial charge in [0.2, 0.25) is 5.91 Å². The SMILES string of the molecule is O=C(CC[C@@H]1CCCO1)NC[C@H]1CCCN(Cc2ccccc2)C1. The molecule has 2 saturated heterocycles. The second-order valence-corrected chi connectivity index (χ2v) is 7.21. The Bertz CT molecular complexity index is 500. The minimum absolute atomic E-state index is 0.186. The molecule has 0 unspecified atom stereocenters. The number of carbonyl (C=O) groups excluding carboxylic acids is 1. The topological polar surface area (TPSA) is 41.6 Å². The van der Waals surface area contributed by atoms with Crippen molar-refractivity contribution in [2.45, 2.75) is 51.2 Å². The number of ether oxygens (including phenoxy) is 1. The van der Waals surface area contributed by atoms with Crippen LogP contribution in [0.4, 0.5) is 0 Å². The van der Waals surface area contributed by atoms with E-state index in [1.54, 1.807) is 0 Å². The maximum Gasteiger partial charge on any atom is 0.220 e. The molecule has 2 heterocycles. The molecule has 3 rings (SSSR count). The second kappa shape index (κ2) is 9.19. The Labute approximate surface area is 145 Å². The van der Waals surface area contributed by atoms with Crippen molar-refractivity contribution >= 4 is 5.91 Å². The van der Waals surface area contributed by atoms with E-state index in [0.29, 0.717) is 18.4 Å². The molecule has 4 nitrogen and oxygen atoms in total. The molecule has 2 fully saturated rings. The van der Waals surface area contributed by atoms with Crippen LogP contribution >= 0.6 is 0 Å². The van der Waals surface area contributed by atoms with Gasteiger partial charge in [0.05, 0.1) is 6.10 Å². The van der Waals surface area contributed by atoms with Gasteiger partial charge in [-0.2, -0.15) is 0 Å². The van der Waals surface area contributed by atoms with Crippen LogP contribution < -0.4 is 5.32 Å². The first-order valence-corrected chi connectivity index (χ1v) is 9.44. The number of hydrogen-bond acceptors (Lipinski definition) is 3. The van der Waals surface area contributed by atoms with E-state index < -0.39 is 0 Å². The van der Waals surface area contributed by atoms with E-state index in [4.69, 9.17) is 4.74 Å². The van der Waals surface area contributed by atoms with Gasteiger partial charge in [-0.1, -0.05) is 30.3 Å². The summed E-state index contributed by atoms with van der Waals surface area (Å²) in [5, 5.41) is 3.14. The highest BCUT2D eigenvalue weighted by atomic mass is 16.5. The molecule has 0 bridgehead atoms. The third kappa shape index (κ3) is 5.60. The fourth-order valence-electron chi connectivity index (χ4n) is 3.81. The number of hydrogen-bond donors (Lipinski definition) is 1. The maximum atomic E-state index is 12.0. The van der Waals surface area contributed by atoms with Crippen molar-refractivity contribution in [1.82, 2.24) is 10.2 Å². The molecule has 1 aromatic rings. The second-order valence-electron chi connectivity index (χ2n) is 7.21. The standard InChI is InChI=1S/C20H30N2O2/c23-20(11-10-19-9-5-13-24-19)21-14-18-8-4-12-22(16-18)15-17-6-2-1-3-7-17/h1-3,6-7,18-19H,4-5,8-16H2,(H,21,23)/t18-,19+/m1/s1. The Morgan fingerprint density at radius 3 is 2.88 bits per heavy atom. The minimum Gasteiger partial charge on any atom is -0.378 e. The number of amides is 1. The number of piperidine rings is 1. The molecule has 0 aromatic heterocycles. The molecular formula is C20H30N2O2. The third-order valence-corrected chi connectivity index (χ3v) is 5.16. The van der Waals surface area contributed by atoms with Gasteiger partial charge in [0, 0.05) is 32.7 Å². The van der Waals surface area contributed by atoms with Crippen molar-refractivity contribution in [1.29, 1.82) is 0 Å². The number of carbonyl (C=O) groups is 1. The van der Waals surface area contributed by atoms with Crippen LogP contribution in [0, 0.1) is 5.92 Å². The Kier molecular flexibility index (Phi) is 6.67. The number of benzene rings is 1. The van der Waals surface area contributed by atoms with E-state index in [-0.39, 0.29) is 5.91 Å². The van der Waals surface area contributed by atoms with Crippen molar-refractivity contribution < 1.29 is 9.53 Å². The van der Waals surface area contributed by atoms with Gasteiger partial charge in [-0.3, -0.25) is 9.69 Å². The number of likely N-dealkylation sites (tertiary alicyclic amines) is 1. The van der Waals surface area contributed by atoms with Crippen LogP contribution in [-0.4, -0.2) is 43.2 Å². The first-order valence-electron chi connectivity index (χ1n) is 9.44. The molecule has 1 amide bonds. The van der Waals surface area contributed by atoms with Gasteiger partial charge in [0.15, 0.2) is 0 Å². The van der Waals surface area contributed by atoms with Gasteiger partial charge in [-0.05, 0) is 50.1 Å². The van der Waals surface area contributed by atoms with Gasteiger partial charge >= 0.3 is 0 Å². The zero-order valence-electron chi connectivity index (χ0n) is 14.6. The lowest BCUT2D eigenvalue weighted by Crippen LogP contribution is -2.40. The third-order valence-electron chi connectivity index (χ3n) is 5.16. The highest BCUT2D eigenvalue weighted by Gasteiger charge is 2.21. The van der Waals surface area contributed by atoms with Gasteiger partial charge in [-0.15, -0.1) is 0 Å². The number of nitrogens with one attached hydrogen (secondary N) is 1. The van der Waals surface area contributed by atoms with Crippen LogP contribution in [0.3, 0.4) is 0 Å². The predicted molar refractivity (Wildman–Crippen MR) is 95.7 cm³/mol. The summed E-state index contributed by atoms with van der Waals surface area (Å²) in [7, 11) is 0. The lowest BCUT2D eigenvalue weighted by molar-refractivity contribution is -0.122. The van der Waals surface area contributed by atoms with Crippen molar-refractivity contribution in [3.63, 3.8) is 0 Å². The van der Waals surface area contributed by atoms with Gasteiger partial charge in [-0.25, -0.2) is 0 Å². The zero-order valence-corrected chi connectivity index (χ0v) is 14.6. The van der Waals surface area contributed by atoms with Crippen LogP contribution in [0.1, 0.15) is 44.1 Å². The minimum atomic E-state index is 0.186. The molecule has 0 aliphatic carbocycles. The molecule has 0 radical (unpaired) electrons. The molecule has 2 aliphatic rings. The summed E-state index contributed by atoms with van der Waals surface area (Å²) in [4.78, 5) is 14.6. The van der Waals surface area contributed by atoms with E-state index in [9.17, 15) is 4.79 Å². The van der Waals surface area contributed by atoms with E-state index >= 15 is 0 Å². The lowest BCUT2D eigenvalue weighted by Gasteiger charge is -2.32. The van der Waals surface area contributed by atoms with Crippen LogP contribution in [0.15, 0.2) is 30.3 Å². The van der Waals surface area contributed by atoms with Crippen LogP contribution in [-0.2, 0) is 16.1 Å². The molecule has 0 saturated carbocycles. The monoisotopic (exact) mass is 330 g/mol. The van der Waals surface area contributed by atoms with E-state index in [1.807, 2.05) is 0 Å². The van der Waals surface area contributed by atoms with Crippen molar-refractivity contribution in [3.05, 3.63) is 35.9 Å². The van der Waals surface area contributed by atoms with Gasteiger partial charge in [0.25, 0.3) is 0 Å². The quantitative estimate of drug-likeness (QED) is 0.836. The number of nitrogens with zero attached hydrogens (tertiary/aromatic N) is 1. The molecule has 24 heavy (non-hydrogen) atoms. The summed E-state index contributed by atoms with van der Waals surface area (Å²) < 4.78 is 5.58. The zero-order chi connectivity index (χ0) is 16.6. The molecular weight excluding hydrogens is 300 g/mol. The fraction of sp³-hybridized carbons (Fsp3) is 0.650. The average molecular weight is 330 g/mol. The molecule has 0 spiro atoms. The summed E-state index contributed by atoms with van der Waals surface area (Å²) in [6, 6.07) is 10.7. The Morgan fingerprint density at radius 2 is 2.08 bits per heavy atom.